The molecule has 0 N–H and O–H groups in total. The van der Waals surface area contributed by atoms with E-state index in [1.165, 1.54) is 29.5 Å². The van der Waals surface area contributed by atoms with Crippen LogP contribution in [0, 0.1) is 17.3 Å². The summed E-state index contributed by atoms with van der Waals surface area (Å²) >= 11 is 6.02. The van der Waals surface area contributed by atoms with Crippen molar-refractivity contribution in [3.05, 3.63) is 70.2 Å². The van der Waals surface area contributed by atoms with Gasteiger partial charge in [0.05, 0.1) is 5.41 Å². The second kappa shape index (κ2) is 8.16. The maximum Gasteiger partial charge on any atom is 0.229 e. The van der Waals surface area contributed by atoms with E-state index in [1.807, 2.05) is 29.2 Å². The third kappa shape index (κ3) is 4.07. The molecule has 0 unspecified atom stereocenters. The van der Waals surface area contributed by atoms with Crippen molar-refractivity contribution in [1.82, 2.24) is 9.80 Å². The van der Waals surface area contributed by atoms with Gasteiger partial charge in [0, 0.05) is 37.1 Å². The zero-order chi connectivity index (χ0) is 22.6. The Bertz CT molecular complexity index is 1070. The number of carbonyl (C=O) groups is 2. The molecule has 4 nitrogen and oxygen atoms in total. The van der Waals surface area contributed by atoms with E-state index >= 15 is 0 Å². The van der Waals surface area contributed by atoms with E-state index in [0.29, 0.717) is 30.8 Å². The third-order valence-corrected chi connectivity index (χ3v) is 8.61. The SMILES string of the molecule is O=C([C@H]1C[C@@H]1c1ccc(Cl)cc1)N1CCC2(CC1)Cc1ccccc1CN(CC1CC1)C2=O. The van der Waals surface area contributed by atoms with Crippen LogP contribution >= 0.6 is 11.6 Å². The van der Waals surface area contributed by atoms with Crippen LogP contribution in [0.1, 0.15) is 54.7 Å². The number of rotatable bonds is 4. The number of fused-ring (bicyclic) bond motifs is 1. The maximum atomic E-state index is 13.9. The Morgan fingerprint density at radius 2 is 1.70 bits per heavy atom. The number of piperidine rings is 1. The van der Waals surface area contributed by atoms with Crippen molar-refractivity contribution < 1.29 is 9.59 Å². The van der Waals surface area contributed by atoms with Gasteiger partial charge in [-0.1, -0.05) is 48.0 Å². The minimum Gasteiger partial charge on any atom is -0.342 e. The van der Waals surface area contributed by atoms with Crippen molar-refractivity contribution in [2.75, 3.05) is 19.6 Å². The fourth-order valence-electron chi connectivity index (χ4n) is 6.02. The molecule has 0 radical (unpaired) electrons. The zero-order valence-electron chi connectivity index (χ0n) is 19.0. The molecule has 2 aromatic rings. The van der Waals surface area contributed by atoms with Crippen LogP contribution in [0.25, 0.3) is 0 Å². The molecule has 2 heterocycles. The molecule has 0 bridgehead atoms. The number of hydrogen-bond acceptors (Lipinski definition) is 2. The van der Waals surface area contributed by atoms with Gasteiger partial charge in [-0.25, -0.2) is 0 Å². The smallest absolute Gasteiger partial charge is 0.229 e. The Hall–Kier alpha value is -2.33. The highest BCUT2D eigenvalue weighted by Gasteiger charge is 2.50. The van der Waals surface area contributed by atoms with Crippen LogP contribution in [0.3, 0.4) is 0 Å². The highest BCUT2D eigenvalue weighted by Crippen LogP contribution is 2.50. The first-order valence-corrected chi connectivity index (χ1v) is 12.8. The molecule has 2 amide bonds. The van der Waals surface area contributed by atoms with E-state index in [9.17, 15) is 9.59 Å². The van der Waals surface area contributed by atoms with Crippen LogP contribution in [0.4, 0.5) is 0 Å². The lowest BCUT2D eigenvalue weighted by Crippen LogP contribution is -2.51. The lowest BCUT2D eigenvalue weighted by molar-refractivity contribution is -0.149. The first-order valence-electron chi connectivity index (χ1n) is 12.4. The van der Waals surface area contributed by atoms with Crippen molar-refractivity contribution >= 4 is 23.4 Å². The van der Waals surface area contributed by atoms with Gasteiger partial charge < -0.3 is 9.80 Å². The average Bonchev–Trinajstić information content (AvgIpc) is 3.75. The van der Waals surface area contributed by atoms with Gasteiger partial charge >= 0.3 is 0 Å². The maximum absolute atomic E-state index is 13.9. The van der Waals surface area contributed by atoms with Crippen LogP contribution < -0.4 is 0 Å². The average molecular weight is 463 g/mol. The summed E-state index contributed by atoms with van der Waals surface area (Å²) in [5.74, 6) is 1.66. The summed E-state index contributed by atoms with van der Waals surface area (Å²) in [6.07, 6.45) is 5.76. The first kappa shape index (κ1) is 21.2. The number of halogens is 1. The van der Waals surface area contributed by atoms with Crippen molar-refractivity contribution in [1.29, 1.82) is 0 Å². The van der Waals surface area contributed by atoms with E-state index in [-0.39, 0.29) is 17.2 Å². The van der Waals surface area contributed by atoms with Crippen LogP contribution in [0.2, 0.25) is 5.02 Å². The summed E-state index contributed by atoms with van der Waals surface area (Å²) < 4.78 is 0. The Balaban J connectivity index is 1.16. The molecule has 2 atom stereocenters. The zero-order valence-corrected chi connectivity index (χ0v) is 19.8. The molecule has 5 heteroatoms. The Kier molecular flexibility index (Phi) is 5.25. The fourth-order valence-corrected chi connectivity index (χ4v) is 6.15. The lowest BCUT2D eigenvalue weighted by Gasteiger charge is -2.42. The van der Waals surface area contributed by atoms with Crippen LogP contribution in [-0.2, 0) is 22.6 Å². The number of nitrogens with zero attached hydrogens (tertiary/aromatic N) is 2. The van der Waals surface area contributed by atoms with Gasteiger partial charge in [0.15, 0.2) is 0 Å². The number of benzene rings is 2. The highest BCUT2D eigenvalue weighted by molar-refractivity contribution is 6.30. The molecule has 3 fully saturated rings. The van der Waals surface area contributed by atoms with Gasteiger partial charge in [0.25, 0.3) is 0 Å². The first-order chi connectivity index (χ1) is 16.0. The summed E-state index contributed by atoms with van der Waals surface area (Å²) in [6.45, 7) is 3.00. The van der Waals surface area contributed by atoms with E-state index in [4.69, 9.17) is 11.6 Å². The highest BCUT2D eigenvalue weighted by atomic mass is 35.5. The standard InChI is InChI=1S/C28H31ClN2O2/c29-23-9-7-20(8-10-23)24-15-25(24)26(32)30-13-11-28(12-14-30)16-21-3-1-2-4-22(21)18-31(27(28)33)17-19-5-6-19/h1-4,7-10,19,24-25H,5-6,11-18H2/t24-,25+/m1/s1. The van der Waals surface area contributed by atoms with Gasteiger partial charge in [-0.2, -0.15) is 0 Å². The van der Waals surface area contributed by atoms with E-state index < -0.39 is 0 Å². The predicted octanol–water partition coefficient (Wildman–Crippen LogP) is 5.05. The lowest BCUT2D eigenvalue weighted by atomic mass is 9.72. The van der Waals surface area contributed by atoms with Crippen LogP contribution in [0.15, 0.2) is 48.5 Å². The molecule has 1 spiro atoms. The van der Waals surface area contributed by atoms with Gasteiger partial charge in [-0.05, 0) is 79.2 Å². The Morgan fingerprint density at radius 3 is 2.39 bits per heavy atom. The van der Waals surface area contributed by atoms with Crippen molar-refractivity contribution in [2.45, 2.75) is 51.0 Å². The molecule has 2 saturated carbocycles. The Morgan fingerprint density at radius 1 is 1.00 bits per heavy atom. The number of amides is 2. The van der Waals surface area contributed by atoms with Gasteiger partial charge in [0.1, 0.15) is 0 Å². The van der Waals surface area contributed by atoms with Crippen molar-refractivity contribution in [2.24, 2.45) is 17.3 Å². The molecular weight excluding hydrogens is 432 g/mol. The summed E-state index contributed by atoms with van der Waals surface area (Å²) in [5, 5.41) is 0.731. The fraction of sp³-hybridized carbons (Fsp3) is 0.500. The topological polar surface area (TPSA) is 40.6 Å². The summed E-state index contributed by atoms with van der Waals surface area (Å²) in [4.78, 5) is 31.3. The predicted molar refractivity (Wildman–Crippen MR) is 129 cm³/mol. The molecule has 2 aliphatic heterocycles. The van der Waals surface area contributed by atoms with E-state index in [2.05, 4.69) is 29.2 Å². The number of carbonyl (C=O) groups excluding carboxylic acids is 2. The minimum atomic E-state index is -0.364. The molecule has 172 valence electrons. The van der Waals surface area contributed by atoms with Gasteiger partial charge in [-0.15, -0.1) is 0 Å². The summed E-state index contributed by atoms with van der Waals surface area (Å²) in [7, 11) is 0. The monoisotopic (exact) mass is 462 g/mol. The second-order valence-corrected chi connectivity index (χ2v) is 11.1. The minimum absolute atomic E-state index is 0.0807. The van der Waals surface area contributed by atoms with Crippen molar-refractivity contribution in [3.8, 4) is 0 Å². The molecule has 6 rings (SSSR count). The molecule has 0 aromatic heterocycles. The van der Waals surface area contributed by atoms with Crippen LogP contribution in [0.5, 0.6) is 0 Å². The molecular formula is C28H31ClN2O2. The molecule has 4 aliphatic rings. The second-order valence-electron chi connectivity index (χ2n) is 10.7. The normalized spacial score (nSPS) is 26.2. The Labute approximate surface area is 200 Å². The summed E-state index contributed by atoms with van der Waals surface area (Å²) in [5.41, 5.74) is 3.45. The van der Waals surface area contributed by atoms with Crippen LogP contribution in [-0.4, -0.2) is 41.2 Å². The molecule has 2 aromatic carbocycles. The quantitative estimate of drug-likeness (QED) is 0.638. The molecule has 2 aliphatic carbocycles. The third-order valence-electron chi connectivity index (χ3n) is 8.36. The van der Waals surface area contributed by atoms with E-state index in [0.717, 1.165) is 43.8 Å². The largest absolute Gasteiger partial charge is 0.342 e. The molecule has 1 saturated heterocycles. The van der Waals surface area contributed by atoms with E-state index in [1.54, 1.807) is 0 Å². The van der Waals surface area contributed by atoms with Crippen molar-refractivity contribution in [3.63, 3.8) is 0 Å². The number of hydrogen-bond donors (Lipinski definition) is 0. The number of likely N-dealkylation sites (tertiary alicyclic amines) is 1. The molecule has 33 heavy (non-hydrogen) atoms. The van der Waals surface area contributed by atoms with Gasteiger partial charge in [0.2, 0.25) is 11.8 Å². The summed E-state index contributed by atoms with van der Waals surface area (Å²) in [6, 6.07) is 16.5. The van der Waals surface area contributed by atoms with Gasteiger partial charge in [-0.3, -0.25) is 9.59 Å².